The number of thiocarbonyl (C=S) groups is 1. The van der Waals surface area contributed by atoms with Crippen LogP contribution in [0.1, 0.15) is 56.9 Å². The lowest BCUT2D eigenvalue weighted by molar-refractivity contribution is 0.0933. The molecule has 0 atom stereocenters. The number of carbonyl (C=O) groups is 3. The summed E-state index contributed by atoms with van der Waals surface area (Å²) in [6.07, 6.45) is 0.850. The van der Waals surface area contributed by atoms with E-state index in [1.54, 1.807) is 54.6 Å². The molecule has 0 fully saturated rings. The van der Waals surface area contributed by atoms with Crippen molar-refractivity contribution in [1.29, 1.82) is 0 Å². The zero-order chi connectivity index (χ0) is 27.7. The van der Waals surface area contributed by atoms with Crippen molar-refractivity contribution in [1.82, 2.24) is 16.2 Å². The van der Waals surface area contributed by atoms with Gasteiger partial charge in [0.2, 0.25) is 0 Å². The van der Waals surface area contributed by atoms with Crippen molar-refractivity contribution in [2.45, 2.75) is 27.2 Å². The summed E-state index contributed by atoms with van der Waals surface area (Å²) in [6.45, 7) is 6.53. The number of aryl methyl sites for hydroxylation is 1. The van der Waals surface area contributed by atoms with Crippen molar-refractivity contribution in [3.05, 3.63) is 93.5 Å². The Morgan fingerprint density at radius 2 is 1.61 bits per heavy atom. The number of hydrogen-bond acceptors (Lipinski definition) is 5. The van der Waals surface area contributed by atoms with Crippen LogP contribution in [0.15, 0.2) is 71.2 Å². The van der Waals surface area contributed by atoms with Crippen LogP contribution >= 0.6 is 28.1 Å². The van der Waals surface area contributed by atoms with Gasteiger partial charge in [0.1, 0.15) is 5.75 Å². The molecule has 0 bridgehead atoms. The van der Waals surface area contributed by atoms with Gasteiger partial charge in [-0.1, -0.05) is 48.0 Å². The van der Waals surface area contributed by atoms with E-state index < -0.39 is 11.8 Å². The number of amides is 3. The lowest BCUT2D eigenvalue weighted by Gasteiger charge is -2.14. The van der Waals surface area contributed by atoms with Gasteiger partial charge in [0.15, 0.2) is 5.11 Å². The first kappa shape index (κ1) is 28.8. The van der Waals surface area contributed by atoms with Gasteiger partial charge in [0.05, 0.1) is 12.2 Å². The minimum Gasteiger partial charge on any atom is -0.493 e. The Balaban J connectivity index is 1.52. The Labute approximate surface area is 235 Å². The summed E-state index contributed by atoms with van der Waals surface area (Å²) in [4.78, 5) is 37.8. The number of ether oxygens (including phenoxy) is 1. The highest BCUT2D eigenvalue weighted by Crippen LogP contribution is 2.24. The smallest absolute Gasteiger partial charge is 0.269 e. The summed E-state index contributed by atoms with van der Waals surface area (Å²) in [7, 11) is 0. The molecule has 0 spiro atoms. The van der Waals surface area contributed by atoms with E-state index in [1.807, 2.05) is 19.1 Å². The molecule has 0 aromatic heterocycles. The number of benzene rings is 3. The molecule has 0 aliphatic rings. The molecule has 3 aromatic carbocycles. The second-order valence-electron chi connectivity index (χ2n) is 8.88. The summed E-state index contributed by atoms with van der Waals surface area (Å²) in [5.41, 5.74) is 7.60. The molecule has 0 radical (unpaired) electrons. The quantitative estimate of drug-likeness (QED) is 0.205. The van der Waals surface area contributed by atoms with Crippen LogP contribution in [0.5, 0.6) is 5.75 Å². The van der Waals surface area contributed by atoms with Gasteiger partial charge in [-0.2, -0.15) is 0 Å². The van der Waals surface area contributed by atoms with E-state index >= 15 is 0 Å². The number of halogens is 1. The Kier molecular flexibility index (Phi) is 10.4. The molecule has 0 heterocycles. The first-order chi connectivity index (χ1) is 18.1. The topological polar surface area (TPSA) is 109 Å². The Hall–Kier alpha value is -3.76. The van der Waals surface area contributed by atoms with Gasteiger partial charge in [-0.3, -0.25) is 30.6 Å². The van der Waals surface area contributed by atoms with Crippen LogP contribution in [0.25, 0.3) is 0 Å². The van der Waals surface area contributed by atoms with Crippen LogP contribution in [-0.4, -0.2) is 29.4 Å². The fourth-order valence-electron chi connectivity index (χ4n) is 3.33. The monoisotopic (exact) mass is 596 g/mol. The standard InChI is InChI=1S/C28H29BrN4O4S/c1-17(2)14-15-37-24-13-10-20(29)16-23(24)27(36)31-28(38)33-32-25(34)19-8-11-21(12-9-19)30-26(35)22-7-5-4-6-18(22)3/h4-13,16-17H,14-15H2,1-3H3,(H,30,35)(H,32,34)(H2,31,33,36,38). The number of hydrazine groups is 1. The Morgan fingerprint density at radius 3 is 2.29 bits per heavy atom. The third-order valence-electron chi connectivity index (χ3n) is 5.45. The highest BCUT2D eigenvalue weighted by atomic mass is 79.9. The second kappa shape index (κ2) is 13.7. The lowest BCUT2D eigenvalue weighted by Crippen LogP contribution is -2.48. The molecule has 0 saturated carbocycles. The van der Waals surface area contributed by atoms with E-state index in [4.69, 9.17) is 17.0 Å². The molecule has 8 nitrogen and oxygen atoms in total. The van der Waals surface area contributed by atoms with Crippen LogP contribution in [0.4, 0.5) is 5.69 Å². The van der Waals surface area contributed by atoms with Crippen molar-refractivity contribution in [3.63, 3.8) is 0 Å². The summed E-state index contributed by atoms with van der Waals surface area (Å²) >= 11 is 8.53. The first-order valence-electron chi connectivity index (χ1n) is 11.9. The predicted molar refractivity (Wildman–Crippen MR) is 155 cm³/mol. The molecule has 0 unspecified atom stereocenters. The maximum Gasteiger partial charge on any atom is 0.269 e. The van der Waals surface area contributed by atoms with E-state index in [2.05, 4.69) is 51.3 Å². The highest BCUT2D eigenvalue weighted by molar-refractivity contribution is 9.10. The summed E-state index contributed by atoms with van der Waals surface area (Å²) < 4.78 is 6.50. The van der Waals surface area contributed by atoms with Crippen LogP contribution in [0.3, 0.4) is 0 Å². The van der Waals surface area contributed by atoms with Crippen LogP contribution in [0, 0.1) is 12.8 Å². The zero-order valence-electron chi connectivity index (χ0n) is 21.3. The minimum atomic E-state index is -0.480. The number of nitrogens with one attached hydrogen (secondary N) is 4. The maximum absolute atomic E-state index is 12.8. The van der Waals surface area contributed by atoms with E-state index in [9.17, 15) is 14.4 Å². The molecule has 4 N–H and O–H groups in total. The first-order valence-corrected chi connectivity index (χ1v) is 13.1. The van der Waals surface area contributed by atoms with Crippen molar-refractivity contribution < 1.29 is 19.1 Å². The number of hydrogen-bond donors (Lipinski definition) is 4. The van der Waals surface area contributed by atoms with Gasteiger partial charge in [0.25, 0.3) is 17.7 Å². The molecule has 0 aliphatic heterocycles. The summed E-state index contributed by atoms with van der Waals surface area (Å²) in [5, 5.41) is 5.27. The van der Waals surface area contributed by atoms with Crippen LogP contribution in [-0.2, 0) is 0 Å². The normalized spacial score (nSPS) is 10.4. The number of anilines is 1. The predicted octanol–water partition coefficient (Wildman–Crippen LogP) is 5.38. The third kappa shape index (κ3) is 8.39. The molecule has 10 heteroatoms. The Morgan fingerprint density at radius 1 is 0.895 bits per heavy atom. The third-order valence-corrected chi connectivity index (χ3v) is 6.15. The van der Waals surface area contributed by atoms with Gasteiger partial charge < -0.3 is 10.1 Å². The van der Waals surface area contributed by atoms with Gasteiger partial charge in [-0.15, -0.1) is 0 Å². The lowest BCUT2D eigenvalue weighted by atomic mass is 10.1. The molecule has 198 valence electrons. The van der Waals surface area contributed by atoms with Crippen molar-refractivity contribution in [2.24, 2.45) is 5.92 Å². The van der Waals surface area contributed by atoms with Crippen LogP contribution < -0.4 is 26.2 Å². The van der Waals surface area contributed by atoms with Crippen molar-refractivity contribution in [2.75, 3.05) is 11.9 Å². The SMILES string of the molecule is Cc1ccccc1C(=O)Nc1ccc(C(=O)NNC(=S)NC(=O)c2cc(Br)ccc2OCCC(C)C)cc1. The summed E-state index contributed by atoms with van der Waals surface area (Å²) in [5.74, 6) is -0.281. The summed E-state index contributed by atoms with van der Waals surface area (Å²) in [6, 6.07) is 18.8. The van der Waals surface area contributed by atoms with Gasteiger partial charge >= 0.3 is 0 Å². The van der Waals surface area contributed by atoms with Crippen LogP contribution in [0.2, 0.25) is 0 Å². The van der Waals surface area contributed by atoms with Crippen molar-refractivity contribution >= 4 is 56.7 Å². The fraction of sp³-hybridized carbons (Fsp3) is 0.214. The van der Waals surface area contributed by atoms with Gasteiger partial charge in [-0.25, -0.2) is 0 Å². The fourth-order valence-corrected chi connectivity index (χ4v) is 3.83. The average molecular weight is 598 g/mol. The molecule has 38 heavy (non-hydrogen) atoms. The maximum atomic E-state index is 12.8. The minimum absolute atomic E-state index is 0.0847. The van der Waals surface area contributed by atoms with E-state index in [0.717, 1.165) is 12.0 Å². The average Bonchev–Trinajstić information content (AvgIpc) is 2.88. The van der Waals surface area contributed by atoms with Gasteiger partial charge in [0, 0.05) is 21.3 Å². The van der Waals surface area contributed by atoms with Gasteiger partial charge in [-0.05, 0) is 85.6 Å². The molecule has 0 saturated heterocycles. The Bertz CT molecular complexity index is 1330. The molecule has 3 amide bonds. The van der Waals surface area contributed by atoms with E-state index in [0.29, 0.717) is 45.1 Å². The number of carbonyl (C=O) groups excluding carboxylic acids is 3. The van der Waals surface area contributed by atoms with E-state index in [-0.39, 0.29) is 11.0 Å². The largest absolute Gasteiger partial charge is 0.493 e. The molecule has 3 aromatic rings. The molecular weight excluding hydrogens is 568 g/mol. The number of rotatable bonds is 8. The molecule has 0 aliphatic carbocycles. The van der Waals surface area contributed by atoms with E-state index in [1.165, 1.54) is 0 Å². The molecule has 3 rings (SSSR count). The molecular formula is C28H29BrN4O4S. The second-order valence-corrected chi connectivity index (χ2v) is 10.2. The zero-order valence-corrected chi connectivity index (χ0v) is 23.7. The van der Waals surface area contributed by atoms with Crippen molar-refractivity contribution in [3.8, 4) is 5.75 Å². The highest BCUT2D eigenvalue weighted by Gasteiger charge is 2.16.